The van der Waals surface area contributed by atoms with Crippen molar-refractivity contribution in [1.82, 2.24) is 15.5 Å². The first-order chi connectivity index (χ1) is 12.7. The van der Waals surface area contributed by atoms with Gasteiger partial charge in [-0.1, -0.05) is 24.3 Å². The molecule has 2 aliphatic heterocycles. The lowest BCUT2D eigenvalue weighted by Gasteiger charge is -2.35. The highest BCUT2D eigenvalue weighted by atomic mass is 35.5. The Labute approximate surface area is 164 Å². The molecule has 2 atom stereocenters. The summed E-state index contributed by atoms with van der Waals surface area (Å²) in [5.41, 5.74) is 2.20. The van der Waals surface area contributed by atoms with Gasteiger partial charge in [0.15, 0.2) is 5.76 Å². The van der Waals surface area contributed by atoms with E-state index in [4.69, 9.17) is 4.42 Å². The van der Waals surface area contributed by atoms with Crippen LogP contribution in [0.25, 0.3) is 0 Å². The van der Waals surface area contributed by atoms with Gasteiger partial charge in [0.25, 0.3) is 5.91 Å². The maximum atomic E-state index is 12.9. The average Bonchev–Trinajstić information content (AvgIpc) is 3.38. The molecule has 2 unspecified atom stereocenters. The minimum Gasteiger partial charge on any atom is -0.459 e. The zero-order valence-corrected chi connectivity index (χ0v) is 15.8. The van der Waals surface area contributed by atoms with Crippen LogP contribution in [0.4, 0.5) is 0 Å². The Morgan fingerprint density at radius 1 is 1.19 bits per heavy atom. The van der Waals surface area contributed by atoms with Crippen molar-refractivity contribution in [1.29, 1.82) is 0 Å². The molecule has 4 rings (SSSR count). The van der Waals surface area contributed by atoms with Crippen LogP contribution in [0.1, 0.15) is 34.5 Å². The van der Waals surface area contributed by atoms with Crippen molar-refractivity contribution in [3.63, 3.8) is 0 Å². The van der Waals surface area contributed by atoms with Crippen LogP contribution in [-0.4, -0.2) is 41.9 Å². The Balaban J connectivity index is 0.00000210. The van der Waals surface area contributed by atoms with Crippen molar-refractivity contribution >= 4 is 24.2 Å². The second-order valence-corrected chi connectivity index (χ2v) is 6.94. The highest BCUT2D eigenvalue weighted by molar-refractivity contribution is 5.96. The Bertz CT molecular complexity index is 788. The number of nitrogens with one attached hydrogen (secondary N) is 2. The fourth-order valence-electron chi connectivity index (χ4n) is 3.79. The minimum atomic E-state index is -0.524. The summed E-state index contributed by atoms with van der Waals surface area (Å²) in [5, 5.41) is 6.41. The van der Waals surface area contributed by atoms with Crippen LogP contribution in [-0.2, 0) is 17.8 Å². The number of furan rings is 1. The summed E-state index contributed by atoms with van der Waals surface area (Å²) in [6, 6.07) is 11.1. The van der Waals surface area contributed by atoms with Crippen LogP contribution in [0.3, 0.4) is 0 Å². The number of carbonyl (C=O) groups excluding carboxylic acids is 2. The summed E-state index contributed by atoms with van der Waals surface area (Å²) in [4.78, 5) is 27.4. The van der Waals surface area contributed by atoms with E-state index >= 15 is 0 Å². The predicted octanol–water partition coefficient (Wildman–Crippen LogP) is 2.14. The third kappa shape index (κ3) is 4.17. The molecule has 3 heterocycles. The first kappa shape index (κ1) is 19.5. The minimum absolute atomic E-state index is 0. The number of fused-ring (bicyclic) bond motifs is 1. The predicted molar refractivity (Wildman–Crippen MR) is 104 cm³/mol. The lowest BCUT2D eigenvalue weighted by Crippen LogP contribution is -2.53. The van der Waals surface area contributed by atoms with Gasteiger partial charge in [0.1, 0.15) is 6.04 Å². The van der Waals surface area contributed by atoms with E-state index < -0.39 is 6.04 Å². The quantitative estimate of drug-likeness (QED) is 0.840. The molecule has 7 heteroatoms. The largest absolute Gasteiger partial charge is 0.459 e. The Morgan fingerprint density at radius 3 is 2.70 bits per heavy atom. The van der Waals surface area contributed by atoms with Crippen LogP contribution in [0.5, 0.6) is 0 Å². The van der Waals surface area contributed by atoms with Gasteiger partial charge in [0.2, 0.25) is 5.91 Å². The molecule has 27 heavy (non-hydrogen) atoms. The van der Waals surface area contributed by atoms with Crippen molar-refractivity contribution in [2.45, 2.75) is 37.9 Å². The molecule has 6 nitrogen and oxygen atoms in total. The lowest BCUT2D eigenvalue weighted by molar-refractivity contribution is -0.126. The first-order valence-electron chi connectivity index (χ1n) is 9.15. The van der Waals surface area contributed by atoms with E-state index in [2.05, 4.69) is 10.6 Å². The van der Waals surface area contributed by atoms with E-state index in [9.17, 15) is 9.59 Å². The van der Waals surface area contributed by atoms with Crippen molar-refractivity contribution in [3.05, 3.63) is 59.5 Å². The standard InChI is InChI=1S/C20H23N3O3.ClH/c24-19(22-12-16-7-3-9-21-16)17-11-14-5-1-2-6-15(14)13-23(17)20(25)18-8-4-10-26-18;/h1-2,4-6,8,10,16-17,21H,3,7,9,11-13H2,(H,22,24);1H. The number of carbonyl (C=O) groups is 2. The van der Waals surface area contributed by atoms with Crippen molar-refractivity contribution < 1.29 is 14.0 Å². The molecule has 0 spiro atoms. The number of benzene rings is 1. The van der Waals surface area contributed by atoms with Crippen molar-refractivity contribution in [3.8, 4) is 0 Å². The summed E-state index contributed by atoms with van der Waals surface area (Å²) >= 11 is 0. The summed E-state index contributed by atoms with van der Waals surface area (Å²) in [7, 11) is 0. The van der Waals surface area contributed by atoms with Gasteiger partial charge in [-0.25, -0.2) is 0 Å². The molecule has 1 aromatic carbocycles. The zero-order valence-electron chi connectivity index (χ0n) is 15.0. The number of halogens is 1. The molecule has 1 aromatic heterocycles. The Kier molecular flexibility index (Phi) is 6.19. The Hall–Kier alpha value is -2.31. The van der Waals surface area contributed by atoms with Gasteiger partial charge in [-0.3, -0.25) is 9.59 Å². The fraction of sp³-hybridized carbons (Fsp3) is 0.400. The summed E-state index contributed by atoms with van der Waals surface area (Å²) < 4.78 is 5.27. The summed E-state index contributed by atoms with van der Waals surface area (Å²) in [6.07, 6.45) is 4.21. The number of hydrogen-bond donors (Lipinski definition) is 2. The average molecular weight is 390 g/mol. The van der Waals surface area contributed by atoms with Gasteiger partial charge in [-0.05, 0) is 42.6 Å². The van der Waals surface area contributed by atoms with Gasteiger partial charge in [0, 0.05) is 25.6 Å². The second kappa shape index (κ2) is 8.59. The molecule has 2 aromatic rings. The highest BCUT2D eigenvalue weighted by Crippen LogP contribution is 2.25. The molecule has 1 fully saturated rings. The van der Waals surface area contributed by atoms with E-state index in [1.165, 1.54) is 6.26 Å². The second-order valence-electron chi connectivity index (χ2n) is 6.94. The molecule has 1 saturated heterocycles. The highest BCUT2D eigenvalue weighted by Gasteiger charge is 2.36. The monoisotopic (exact) mass is 389 g/mol. The van der Waals surface area contributed by atoms with E-state index in [0.717, 1.165) is 30.5 Å². The van der Waals surface area contributed by atoms with Crippen molar-refractivity contribution in [2.75, 3.05) is 13.1 Å². The van der Waals surface area contributed by atoms with Crippen LogP contribution >= 0.6 is 12.4 Å². The molecular formula is C20H24ClN3O3. The molecule has 0 saturated carbocycles. The molecular weight excluding hydrogens is 366 g/mol. The van der Waals surface area contributed by atoms with Gasteiger partial charge in [0.05, 0.1) is 6.26 Å². The van der Waals surface area contributed by atoms with E-state index in [0.29, 0.717) is 25.6 Å². The van der Waals surface area contributed by atoms with Gasteiger partial charge in [-0.15, -0.1) is 12.4 Å². The zero-order chi connectivity index (χ0) is 17.9. The normalized spacial score (nSPS) is 21.3. The molecule has 0 aliphatic carbocycles. The topological polar surface area (TPSA) is 74.6 Å². The van der Waals surface area contributed by atoms with Crippen LogP contribution in [0.2, 0.25) is 0 Å². The van der Waals surface area contributed by atoms with E-state index in [-0.39, 0.29) is 30.0 Å². The third-order valence-corrected chi connectivity index (χ3v) is 5.23. The van der Waals surface area contributed by atoms with Crippen LogP contribution in [0, 0.1) is 0 Å². The van der Waals surface area contributed by atoms with Crippen LogP contribution < -0.4 is 10.6 Å². The molecule has 2 N–H and O–H groups in total. The first-order valence-corrected chi connectivity index (χ1v) is 9.15. The number of hydrogen-bond acceptors (Lipinski definition) is 4. The fourth-order valence-corrected chi connectivity index (χ4v) is 3.79. The Morgan fingerprint density at radius 2 is 2.00 bits per heavy atom. The third-order valence-electron chi connectivity index (χ3n) is 5.23. The van der Waals surface area contributed by atoms with E-state index in [1.807, 2.05) is 24.3 Å². The smallest absolute Gasteiger partial charge is 0.290 e. The molecule has 2 aliphatic rings. The lowest BCUT2D eigenvalue weighted by atomic mass is 9.93. The van der Waals surface area contributed by atoms with Crippen molar-refractivity contribution in [2.24, 2.45) is 0 Å². The number of nitrogens with zero attached hydrogens (tertiary/aromatic N) is 1. The summed E-state index contributed by atoms with van der Waals surface area (Å²) in [5.74, 6) is -0.0867. The maximum Gasteiger partial charge on any atom is 0.290 e. The SMILES string of the molecule is Cl.O=C(NCC1CCCN1)C1Cc2ccccc2CN1C(=O)c1ccco1. The molecule has 0 radical (unpaired) electrons. The van der Waals surface area contributed by atoms with E-state index in [1.54, 1.807) is 17.0 Å². The molecule has 0 bridgehead atoms. The van der Waals surface area contributed by atoms with Gasteiger partial charge < -0.3 is 20.0 Å². The van der Waals surface area contributed by atoms with Gasteiger partial charge in [-0.2, -0.15) is 0 Å². The summed E-state index contributed by atoms with van der Waals surface area (Å²) in [6.45, 7) is 2.01. The number of amides is 2. The maximum absolute atomic E-state index is 12.9. The molecule has 2 amide bonds. The van der Waals surface area contributed by atoms with Crippen LogP contribution in [0.15, 0.2) is 47.1 Å². The number of rotatable bonds is 4. The molecule has 144 valence electrons. The van der Waals surface area contributed by atoms with Gasteiger partial charge >= 0.3 is 0 Å².